The average molecular weight is 314 g/mol. The maximum Gasteiger partial charge on any atom is 0.262 e. The number of nitrogens with zero attached hydrogens (tertiary/aromatic N) is 2. The smallest absolute Gasteiger partial charge is 0.262 e. The molecule has 0 aliphatic carbocycles. The van der Waals surface area contributed by atoms with Crippen LogP contribution in [0.3, 0.4) is 0 Å². The summed E-state index contributed by atoms with van der Waals surface area (Å²) < 4.78 is 5.49. The quantitative estimate of drug-likeness (QED) is 0.751. The fourth-order valence-corrected chi connectivity index (χ4v) is 2.15. The summed E-state index contributed by atoms with van der Waals surface area (Å²) in [7, 11) is 0. The fourth-order valence-electron chi connectivity index (χ4n) is 1.98. The lowest BCUT2D eigenvalue weighted by atomic mass is 10.2. The third kappa shape index (κ3) is 3.32. The lowest BCUT2D eigenvalue weighted by Crippen LogP contribution is -2.20. The van der Waals surface area contributed by atoms with Gasteiger partial charge < -0.3 is 10.1 Å². The number of fused-ring (bicyclic) bond motifs is 1. The first kappa shape index (κ1) is 14.3. The van der Waals surface area contributed by atoms with Crippen LogP contribution in [0.2, 0.25) is 5.28 Å². The van der Waals surface area contributed by atoms with Gasteiger partial charge in [-0.15, -0.1) is 0 Å². The highest BCUT2D eigenvalue weighted by atomic mass is 35.5. The molecule has 0 aliphatic rings. The Morgan fingerprint density at radius 3 is 2.59 bits per heavy atom. The van der Waals surface area contributed by atoms with Crippen LogP contribution in [0.4, 0.5) is 5.69 Å². The van der Waals surface area contributed by atoms with Gasteiger partial charge in [0.15, 0.2) is 6.61 Å². The normalized spacial score (nSPS) is 10.4. The molecule has 0 saturated carbocycles. The number of para-hydroxylation sites is 2. The lowest BCUT2D eigenvalue weighted by Gasteiger charge is -2.09. The number of ether oxygens (including phenoxy) is 1. The van der Waals surface area contributed by atoms with Gasteiger partial charge in [-0.1, -0.05) is 30.3 Å². The number of benzene rings is 2. The number of halogens is 1. The molecule has 1 amide bonds. The van der Waals surface area contributed by atoms with Crippen molar-refractivity contribution >= 4 is 34.1 Å². The van der Waals surface area contributed by atoms with Gasteiger partial charge >= 0.3 is 0 Å². The number of hydrogen-bond donors (Lipinski definition) is 1. The van der Waals surface area contributed by atoms with E-state index in [1.165, 1.54) is 0 Å². The van der Waals surface area contributed by atoms with Crippen molar-refractivity contribution in [3.63, 3.8) is 0 Å². The van der Waals surface area contributed by atoms with Gasteiger partial charge in [-0.25, -0.2) is 4.98 Å². The third-order valence-electron chi connectivity index (χ3n) is 2.94. The van der Waals surface area contributed by atoms with Crippen LogP contribution in [0.15, 0.2) is 54.6 Å². The molecule has 22 heavy (non-hydrogen) atoms. The molecule has 0 spiro atoms. The number of amides is 1. The molecule has 1 heterocycles. The molecule has 0 unspecified atom stereocenters. The lowest BCUT2D eigenvalue weighted by molar-refractivity contribution is -0.118. The van der Waals surface area contributed by atoms with E-state index in [2.05, 4.69) is 15.3 Å². The van der Waals surface area contributed by atoms with Crippen LogP contribution in [-0.4, -0.2) is 22.5 Å². The zero-order valence-electron chi connectivity index (χ0n) is 11.5. The molecule has 2 aromatic carbocycles. The van der Waals surface area contributed by atoms with Crippen molar-refractivity contribution in [3.05, 3.63) is 59.9 Å². The van der Waals surface area contributed by atoms with Gasteiger partial charge in [0.1, 0.15) is 0 Å². The Morgan fingerprint density at radius 1 is 1.05 bits per heavy atom. The second kappa shape index (κ2) is 6.41. The maximum absolute atomic E-state index is 11.9. The molecular weight excluding hydrogens is 302 g/mol. The summed E-state index contributed by atoms with van der Waals surface area (Å²) >= 11 is 5.87. The molecule has 0 bridgehead atoms. The van der Waals surface area contributed by atoms with E-state index in [1.807, 2.05) is 36.4 Å². The van der Waals surface area contributed by atoms with E-state index < -0.39 is 0 Å². The maximum atomic E-state index is 11.9. The van der Waals surface area contributed by atoms with Crippen molar-refractivity contribution in [2.24, 2.45) is 0 Å². The Bertz CT molecular complexity index is 809. The third-order valence-corrected chi connectivity index (χ3v) is 3.11. The zero-order chi connectivity index (χ0) is 15.4. The van der Waals surface area contributed by atoms with Gasteiger partial charge in [0.05, 0.1) is 10.9 Å². The summed E-state index contributed by atoms with van der Waals surface area (Å²) in [6.45, 7) is -0.160. The van der Waals surface area contributed by atoms with Crippen molar-refractivity contribution < 1.29 is 9.53 Å². The largest absolute Gasteiger partial charge is 0.467 e. The minimum Gasteiger partial charge on any atom is -0.467 e. The molecule has 1 N–H and O–H groups in total. The summed E-state index contributed by atoms with van der Waals surface area (Å²) in [6.07, 6.45) is 0. The Kier molecular flexibility index (Phi) is 4.16. The van der Waals surface area contributed by atoms with Gasteiger partial charge in [-0.2, -0.15) is 4.98 Å². The number of anilines is 1. The van der Waals surface area contributed by atoms with Crippen molar-refractivity contribution in [2.45, 2.75) is 0 Å². The summed E-state index contributed by atoms with van der Waals surface area (Å²) in [5.41, 5.74) is 1.38. The van der Waals surface area contributed by atoms with Crippen LogP contribution in [0.25, 0.3) is 10.9 Å². The number of hydrogen-bond acceptors (Lipinski definition) is 4. The molecule has 0 atom stereocenters. The number of aromatic nitrogens is 2. The van der Waals surface area contributed by atoms with E-state index in [0.29, 0.717) is 22.5 Å². The summed E-state index contributed by atoms with van der Waals surface area (Å²) in [6, 6.07) is 16.5. The standard InChI is InChI=1S/C16H12ClN3O2/c17-16-19-13-9-5-4-8-12(13)15(20-16)22-10-14(21)18-11-6-2-1-3-7-11/h1-9H,10H2,(H,18,21). The van der Waals surface area contributed by atoms with Crippen LogP contribution in [0, 0.1) is 0 Å². The average Bonchev–Trinajstić information content (AvgIpc) is 2.53. The van der Waals surface area contributed by atoms with Crippen molar-refractivity contribution in [2.75, 3.05) is 11.9 Å². The number of nitrogens with one attached hydrogen (secondary N) is 1. The Labute approximate surface area is 131 Å². The van der Waals surface area contributed by atoms with E-state index in [4.69, 9.17) is 16.3 Å². The summed E-state index contributed by atoms with van der Waals surface area (Å²) in [4.78, 5) is 20.0. The van der Waals surface area contributed by atoms with Gasteiger partial charge in [0.2, 0.25) is 11.2 Å². The Balaban J connectivity index is 1.72. The predicted molar refractivity (Wildman–Crippen MR) is 85.1 cm³/mol. The Morgan fingerprint density at radius 2 is 1.77 bits per heavy atom. The second-order valence-corrected chi connectivity index (χ2v) is 4.86. The second-order valence-electron chi connectivity index (χ2n) is 4.52. The molecular formula is C16H12ClN3O2. The van der Waals surface area contributed by atoms with Crippen LogP contribution < -0.4 is 10.1 Å². The van der Waals surface area contributed by atoms with Gasteiger partial charge in [0, 0.05) is 5.69 Å². The molecule has 1 aromatic heterocycles. The Hall–Kier alpha value is -2.66. The number of rotatable bonds is 4. The number of carbonyl (C=O) groups is 1. The minimum atomic E-state index is -0.273. The molecule has 0 aliphatic heterocycles. The van der Waals surface area contributed by atoms with E-state index in [9.17, 15) is 4.79 Å². The van der Waals surface area contributed by atoms with Crippen molar-refractivity contribution in [1.82, 2.24) is 9.97 Å². The van der Waals surface area contributed by atoms with E-state index >= 15 is 0 Å². The zero-order valence-corrected chi connectivity index (χ0v) is 12.2. The summed E-state index contributed by atoms with van der Waals surface area (Å²) in [5, 5.41) is 3.52. The van der Waals surface area contributed by atoms with Crippen molar-refractivity contribution in [3.8, 4) is 5.88 Å². The fraction of sp³-hybridized carbons (Fsp3) is 0.0625. The highest BCUT2D eigenvalue weighted by Gasteiger charge is 2.10. The monoisotopic (exact) mass is 313 g/mol. The molecule has 3 aromatic rings. The highest BCUT2D eigenvalue weighted by Crippen LogP contribution is 2.23. The topological polar surface area (TPSA) is 64.1 Å². The highest BCUT2D eigenvalue weighted by molar-refractivity contribution is 6.28. The van der Waals surface area contributed by atoms with E-state index in [0.717, 1.165) is 0 Å². The number of carbonyl (C=O) groups excluding carboxylic acids is 1. The molecule has 3 rings (SSSR count). The first-order chi connectivity index (χ1) is 10.7. The molecule has 6 heteroatoms. The minimum absolute atomic E-state index is 0.0807. The molecule has 0 fully saturated rings. The molecule has 0 radical (unpaired) electrons. The molecule has 0 saturated heterocycles. The van der Waals surface area contributed by atoms with E-state index in [1.54, 1.807) is 18.2 Å². The summed E-state index contributed by atoms with van der Waals surface area (Å²) in [5.74, 6) is 0.0174. The van der Waals surface area contributed by atoms with Crippen LogP contribution in [-0.2, 0) is 4.79 Å². The van der Waals surface area contributed by atoms with Gasteiger partial charge in [0.25, 0.3) is 5.91 Å². The SMILES string of the molecule is O=C(COc1nc(Cl)nc2ccccc12)Nc1ccccc1. The predicted octanol–water partition coefficient (Wildman–Crippen LogP) is 3.30. The first-order valence-corrected chi connectivity index (χ1v) is 7.00. The molecule has 5 nitrogen and oxygen atoms in total. The van der Waals surface area contributed by atoms with Crippen molar-refractivity contribution in [1.29, 1.82) is 0 Å². The van der Waals surface area contributed by atoms with Gasteiger partial charge in [-0.05, 0) is 35.9 Å². The van der Waals surface area contributed by atoms with Crippen LogP contribution >= 0.6 is 11.6 Å². The van der Waals surface area contributed by atoms with E-state index in [-0.39, 0.29) is 17.8 Å². The van der Waals surface area contributed by atoms with Crippen LogP contribution in [0.1, 0.15) is 0 Å². The first-order valence-electron chi connectivity index (χ1n) is 6.62. The van der Waals surface area contributed by atoms with Gasteiger partial charge in [-0.3, -0.25) is 4.79 Å². The molecule has 110 valence electrons. The van der Waals surface area contributed by atoms with Crippen LogP contribution in [0.5, 0.6) is 5.88 Å².